The topological polar surface area (TPSA) is 83.4 Å². The maximum atomic E-state index is 13.9. The van der Waals surface area contributed by atoms with Gasteiger partial charge >= 0.3 is 0 Å². The lowest BCUT2D eigenvalue weighted by Crippen LogP contribution is -2.56. The summed E-state index contributed by atoms with van der Waals surface area (Å²) in [7, 11) is 1.74. The Balaban J connectivity index is 1.58. The van der Waals surface area contributed by atoms with Crippen molar-refractivity contribution in [2.24, 2.45) is 5.92 Å². The van der Waals surface area contributed by atoms with E-state index in [9.17, 15) is 18.8 Å². The lowest BCUT2D eigenvalue weighted by molar-refractivity contribution is -0.139. The molecule has 8 heteroatoms. The van der Waals surface area contributed by atoms with Crippen molar-refractivity contribution in [2.75, 3.05) is 13.6 Å². The number of carbonyl (C=O) groups excluding carboxylic acids is 3. The van der Waals surface area contributed by atoms with Crippen LogP contribution in [0.2, 0.25) is 0 Å². The molecule has 0 bridgehead atoms. The molecule has 0 radical (unpaired) electrons. The number of halogens is 1. The summed E-state index contributed by atoms with van der Waals surface area (Å²) in [6.45, 7) is 4.46. The number of hydrogen-bond acceptors (Lipinski definition) is 4. The number of nitrogens with zero attached hydrogens (tertiary/aromatic N) is 2. The molecule has 35 heavy (non-hydrogen) atoms. The van der Waals surface area contributed by atoms with Crippen LogP contribution in [0.25, 0.3) is 10.9 Å². The summed E-state index contributed by atoms with van der Waals surface area (Å²) >= 11 is 0. The Morgan fingerprint density at radius 3 is 2.54 bits per heavy atom. The lowest BCUT2D eigenvalue weighted by Gasteiger charge is -2.35. The van der Waals surface area contributed by atoms with E-state index in [2.05, 4.69) is 10.6 Å². The van der Waals surface area contributed by atoms with Crippen LogP contribution in [-0.4, -0.2) is 58.8 Å². The number of nitrogens with one attached hydrogen (secondary N) is 2. The number of Topliss-reactive ketones (excluding diaryl/α,β-unsaturated/α-hetero) is 1. The first-order chi connectivity index (χ1) is 16.8. The van der Waals surface area contributed by atoms with Gasteiger partial charge in [-0.25, -0.2) is 4.39 Å². The summed E-state index contributed by atoms with van der Waals surface area (Å²) in [4.78, 5) is 40.8. The van der Waals surface area contributed by atoms with Gasteiger partial charge in [0.15, 0.2) is 5.78 Å². The SMILES string of the molecule is CN[C@@H](C)C(=O)N[C@H](C(=O)N1CCCC1Cn1cc(C(C)=O)c2cc(F)ccc21)C1CCCCC1. The van der Waals surface area contributed by atoms with E-state index in [-0.39, 0.29) is 41.4 Å². The van der Waals surface area contributed by atoms with Gasteiger partial charge in [-0.15, -0.1) is 0 Å². The first-order valence-corrected chi connectivity index (χ1v) is 12.9. The molecule has 190 valence electrons. The van der Waals surface area contributed by atoms with Crippen LogP contribution < -0.4 is 10.6 Å². The summed E-state index contributed by atoms with van der Waals surface area (Å²) in [5.74, 6) is -0.512. The van der Waals surface area contributed by atoms with Crippen molar-refractivity contribution in [3.05, 3.63) is 35.8 Å². The summed E-state index contributed by atoms with van der Waals surface area (Å²) in [6, 6.07) is 3.55. The van der Waals surface area contributed by atoms with Crippen LogP contribution in [0, 0.1) is 11.7 Å². The highest BCUT2D eigenvalue weighted by Crippen LogP contribution is 2.31. The van der Waals surface area contributed by atoms with Crippen molar-refractivity contribution in [2.45, 2.75) is 83.5 Å². The lowest BCUT2D eigenvalue weighted by atomic mass is 9.83. The van der Waals surface area contributed by atoms with E-state index in [0.717, 1.165) is 44.0 Å². The van der Waals surface area contributed by atoms with Crippen molar-refractivity contribution in [3.63, 3.8) is 0 Å². The molecule has 2 heterocycles. The third-order valence-corrected chi connectivity index (χ3v) is 7.80. The third kappa shape index (κ3) is 5.42. The molecule has 7 nitrogen and oxygen atoms in total. The van der Waals surface area contributed by atoms with Gasteiger partial charge in [-0.05, 0) is 70.7 Å². The predicted octanol–water partition coefficient (Wildman–Crippen LogP) is 3.65. The molecule has 1 aromatic carbocycles. The number of amides is 2. The van der Waals surface area contributed by atoms with Crippen molar-refractivity contribution < 1.29 is 18.8 Å². The average molecular weight is 485 g/mol. The fourth-order valence-electron chi connectivity index (χ4n) is 5.68. The molecule has 2 fully saturated rings. The van der Waals surface area contributed by atoms with Gasteiger partial charge in [0.25, 0.3) is 0 Å². The molecule has 1 unspecified atom stereocenters. The molecular formula is C27H37FN4O3. The number of aromatic nitrogens is 1. The molecule has 1 aromatic heterocycles. The largest absolute Gasteiger partial charge is 0.345 e. The second-order valence-corrected chi connectivity index (χ2v) is 10.1. The summed E-state index contributed by atoms with van der Waals surface area (Å²) in [5.41, 5.74) is 1.28. The van der Waals surface area contributed by atoms with Gasteiger partial charge in [-0.3, -0.25) is 14.4 Å². The number of ketones is 1. The number of benzene rings is 1. The van der Waals surface area contributed by atoms with Crippen molar-refractivity contribution in [1.29, 1.82) is 0 Å². The van der Waals surface area contributed by atoms with Gasteiger partial charge in [-0.2, -0.15) is 0 Å². The minimum absolute atomic E-state index is 0.00893. The molecule has 2 aromatic rings. The Morgan fingerprint density at radius 2 is 1.86 bits per heavy atom. The average Bonchev–Trinajstić information content (AvgIpc) is 3.46. The van der Waals surface area contributed by atoms with Crippen molar-refractivity contribution >= 4 is 28.5 Å². The number of carbonyl (C=O) groups is 3. The second-order valence-electron chi connectivity index (χ2n) is 10.1. The maximum absolute atomic E-state index is 13.9. The van der Waals surface area contributed by atoms with Crippen LogP contribution in [0.1, 0.15) is 69.2 Å². The fourth-order valence-corrected chi connectivity index (χ4v) is 5.68. The first kappa shape index (κ1) is 25.4. The van der Waals surface area contributed by atoms with Gasteiger partial charge in [0.05, 0.1) is 6.04 Å². The van der Waals surface area contributed by atoms with Crippen LogP contribution in [0.4, 0.5) is 4.39 Å². The number of hydrogen-bond donors (Lipinski definition) is 2. The Labute approximate surface area is 206 Å². The molecule has 2 N–H and O–H groups in total. The monoisotopic (exact) mass is 484 g/mol. The second kappa shape index (κ2) is 10.9. The van der Waals surface area contributed by atoms with Gasteiger partial charge in [0.1, 0.15) is 11.9 Å². The van der Waals surface area contributed by atoms with Gasteiger partial charge in [0.2, 0.25) is 11.8 Å². The van der Waals surface area contributed by atoms with Crippen LogP contribution in [0.15, 0.2) is 24.4 Å². The van der Waals surface area contributed by atoms with E-state index in [0.29, 0.717) is 24.0 Å². The molecule has 2 aliphatic rings. The highest BCUT2D eigenvalue weighted by Gasteiger charge is 2.38. The molecule has 1 aliphatic carbocycles. The van der Waals surface area contributed by atoms with Crippen molar-refractivity contribution in [1.82, 2.24) is 20.1 Å². The van der Waals surface area contributed by atoms with Crippen LogP contribution in [0.3, 0.4) is 0 Å². The fraction of sp³-hybridized carbons (Fsp3) is 0.593. The van der Waals surface area contributed by atoms with E-state index < -0.39 is 6.04 Å². The zero-order valence-corrected chi connectivity index (χ0v) is 21.0. The van der Waals surface area contributed by atoms with Crippen LogP contribution >= 0.6 is 0 Å². The highest BCUT2D eigenvalue weighted by atomic mass is 19.1. The minimum Gasteiger partial charge on any atom is -0.345 e. The predicted molar refractivity (Wildman–Crippen MR) is 134 cm³/mol. The van der Waals surface area contributed by atoms with E-state index in [1.54, 1.807) is 26.2 Å². The van der Waals surface area contributed by atoms with Crippen LogP contribution in [0.5, 0.6) is 0 Å². The first-order valence-electron chi connectivity index (χ1n) is 12.9. The van der Waals surface area contributed by atoms with E-state index in [1.807, 2.05) is 9.47 Å². The molecular weight excluding hydrogens is 447 g/mol. The molecule has 2 amide bonds. The Bertz CT molecular complexity index is 1090. The van der Waals surface area contributed by atoms with E-state index >= 15 is 0 Å². The smallest absolute Gasteiger partial charge is 0.245 e. The Morgan fingerprint density at radius 1 is 1.11 bits per heavy atom. The third-order valence-electron chi connectivity index (χ3n) is 7.80. The standard InChI is InChI=1S/C27H37FN4O3/c1-17(29-3)26(34)30-25(19-8-5-4-6-9-19)27(35)32-13-7-10-21(32)15-31-16-23(18(2)33)22-14-20(28)11-12-24(22)31/h11-12,14,16-17,19,21,25,29H,4-10,13,15H2,1-3H3,(H,30,34)/t17-,21?,25-/m0/s1. The van der Waals surface area contributed by atoms with E-state index in [1.165, 1.54) is 25.5 Å². The normalized spacial score (nSPS) is 20.7. The van der Waals surface area contributed by atoms with Gasteiger partial charge in [-0.1, -0.05) is 19.3 Å². The van der Waals surface area contributed by atoms with Gasteiger partial charge in [0, 0.05) is 41.8 Å². The molecule has 1 saturated heterocycles. The number of rotatable bonds is 8. The Hall–Kier alpha value is -2.74. The summed E-state index contributed by atoms with van der Waals surface area (Å²) in [6.07, 6.45) is 8.73. The Kier molecular flexibility index (Phi) is 7.89. The van der Waals surface area contributed by atoms with Gasteiger partial charge < -0.3 is 20.1 Å². The quantitative estimate of drug-likeness (QED) is 0.561. The zero-order chi connectivity index (χ0) is 25.1. The van der Waals surface area contributed by atoms with Crippen LogP contribution in [-0.2, 0) is 16.1 Å². The molecule has 1 aliphatic heterocycles. The highest BCUT2D eigenvalue weighted by molar-refractivity contribution is 6.07. The molecule has 1 saturated carbocycles. The molecule has 0 spiro atoms. The molecule has 3 atom stereocenters. The number of likely N-dealkylation sites (N-methyl/N-ethyl adjacent to an activating group) is 1. The maximum Gasteiger partial charge on any atom is 0.245 e. The molecule has 4 rings (SSSR count). The zero-order valence-electron chi connectivity index (χ0n) is 21.0. The van der Waals surface area contributed by atoms with E-state index in [4.69, 9.17) is 0 Å². The minimum atomic E-state index is -0.525. The number of fused-ring (bicyclic) bond motifs is 1. The van der Waals surface area contributed by atoms with Crippen molar-refractivity contribution in [3.8, 4) is 0 Å². The number of likely N-dealkylation sites (tertiary alicyclic amines) is 1. The summed E-state index contributed by atoms with van der Waals surface area (Å²) < 4.78 is 15.9. The summed E-state index contributed by atoms with van der Waals surface area (Å²) in [5, 5.41) is 6.63.